The molecule has 1 aliphatic rings. The molecule has 0 aliphatic carbocycles. The molecule has 6 nitrogen and oxygen atoms in total. The van der Waals surface area contributed by atoms with Crippen LogP contribution in [-0.2, 0) is 11.2 Å². The fourth-order valence-corrected chi connectivity index (χ4v) is 2.27. The summed E-state index contributed by atoms with van der Waals surface area (Å²) in [6.45, 7) is 5.28. The van der Waals surface area contributed by atoms with E-state index < -0.39 is 0 Å². The predicted molar refractivity (Wildman–Crippen MR) is 71.1 cm³/mol. The molecular weight excluding hydrogens is 244 g/mol. The van der Waals surface area contributed by atoms with E-state index in [2.05, 4.69) is 20.6 Å². The Kier molecular flexibility index (Phi) is 4.44. The van der Waals surface area contributed by atoms with Crippen molar-refractivity contribution in [3.63, 3.8) is 0 Å². The van der Waals surface area contributed by atoms with E-state index in [0.29, 0.717) is 17.8 Å². The molecule has 2 N–H and O–H groups in total. The SMILES string of the molecule is CCc1nc(C)ncc1C(=O)NC1CNCC1OC. The summed E-state index contributed by atoms with van der Waals surface area (Å²) in [5.74, 6) is 0.554. The van der Waals surface area contributed by atoms with Crippen molar-refractivity contribution in [3.8, 4) is 0 Å². The lowest BCUT2D eigenvalue weighted by atomic mass is 10.1. The second kappa shape index (κ2) is 6.08. The first-order valence-electron chi connectivity index (χ1n) is 6.52. The van der Waals surface area contributed by atoms with Crippen LogP contribution >= 0.6 is 0 Å². The highest BCUT2D eigenvalue weighted by molar-refractivity contribution is 5.95. The van der Waals surface area contributed by atoms with Crippen LogP contribution in [0.1, 0.15) is 28.8 Å². The average molecular weight is 264 g/mol. The second-order valence-corrected chi connectivity index (χ2v) is 4.64. The molecule has 1 aromatic heterocycles. The summed E-state index contributed by atoms with van der Waals surface area (Å²) in [7, 11) is 1.66. The van der Waals surface area contributed by atoms with E-state index in [9.17, 15) is 4.79 Å². The monoisotopic (exact) mass is 264 g/mol. The molecule has 0 aromatic carbocycles. The van der Waals surface area contributed by atoms with Gasteiger partial charge in [-0.25, -0.2) is 9.97 Å². The number of hydrogen-bond donors (Lipinski definition) is 2. The third-order valence-electron chi connectivity index (χ3n) is 3.35. The number of carbonyl (C=O) groups excluding carboxylic acids is 1. The van der Waals surface area contributed by atoms with Gasteiger partial charge in [0.2, 0.25) is 0 Å². The smallest absolute Gasteiger partial charge is 0.255 e. The van der Waals surface area contributed by atoms with Crippen LogP contribution in [0.3, 0.4) is 0 Å². The van der Waals surface area contributed by atoms with Crippen LogP contribution in [0.5, 0.6) is 0 Å². The van der Waals surface area contributed by atoms with Crippen LogP contribution in [0.25, 0.3) is 0 Å². The normalized spacial score (nSPS) is 22.5. The Labute approximate surface area is 113 Å². The molecule has 6 heteroatoms. The zero-order chi connectivity index (χ0) is 13.8. The van der Waals surface area contributed by atoms with Gasteiger partial charge in [0.05, 0.1) is 23.4 Å². The quantitative estimate of drug-likeness (QED) is 0.804. The fourth-order valence-electron chi connectivity index (χ4n) is 2.27. The lowest BCUT2D eigenvalue weighted by molar-refractivity contribution is 0.0778. The number of aromatic nitrogens is 2. The van der Waals surface area contributed by atoms with E-state index in [0.717, 1.165) is 18.8 Å². The predicted octanol–water partition coefficient (Wildman–Crippen LogP) is 0.0640. The van der Waals surface area contributed by atoms with E-state index >= 15 is 0 Å². The van der Waals surface area contributed by atoms with E-state index in [1.54, 1.807) is 13.3 Å². The van der Waals surface area contributed by atoms with Crippen molar-refractivity contribution in [1.29, 1.82) is 0 Å². The molecule has 1 amide bonds. The highest BCUT2D eigenvalue weighted by Crippen LogP contribution is 2.09. The second-order valence-electron chi connectivity index (χ2n) is 4.64. The molecule has 2 atom stereocenters. The molecule has 0 radical (unpaired) electrons. The largest absolute Gasteiger partial charge is 0.378 e. The van der Waals surface area contributed by atoms with Crippen LogP contribution < -0.4 is 10.6 Å². The Morgan fingerprint density at radius 3 is 3.05 bits per heavy atom. The maximum absolute atomic E-state index is 12.3. The third-order valence-corrected chi connectivity index (χ3v) is 3.35. The van der Waals surface area contributed by atoms with Crippen LogP contribution in [-0.4, -0.2) is 48.2 Å². The van der Waals surface area contributed by atoms with Crippen molar-refractivity contribution in [2.24, 2.45) is 0 Å². The van der Waals surface area contributed by atoms with Crippen molar-refractivity contribution < 1.29 is 9.53 Å². The Morgan fingerprint density at radius 1 is 1.58 bits per heavy atom. The van der Waals surface area contributed by atoms with Gasteiger partial charge in [0.15, 0.2) is 0 Å². The number of nitrogens with one attached hydrogen (secondary N) is 2. The molecule has 1 fully saturated rings. The van der Waals surface area contributed by atoms with Gasteiger partial charge in [-0.2, -0.15) is 0 Å². The molecule has 1 saturated heterocycles. The van der Waals surface area contributed by atoms with Crippen molar-refractivity contribution >= 4 is 5.91 Å². The van der Waals surface area contributed by atoms with Crippen LogP contribution in [0.4, 0.5) is 0 Å². The molecule has 1 aliphatic heterocycles. The summed E-state index contributed by atoms with van der Waals surface area (Å²) in [5, 5.41) is 6.18. The van der Waals surface area contributed by atoms with Crippen molar-refractivity contribution in [1.82, 2.24) is 20.6 Å². The minimum Gasteiger partial charge on any atom is -0.378 e. The first kappa shape index (κ1) is 13.9. The average Bonchev–Trinajstić information content (AvgIpc) is 2.85. The summed E-state index contributed by atoms with van der Waals surface area (Å²) in [4.78, 5) is 20.7. The molecule has 0 spiro atoms. The number of aryl methyl sites for hydroxylation is 2. The summed E-state index contributed by atoms with van der Waals surface area (Å²) in [6.07, 6.45) is 2.32. The maximum atomic E-state index is 12.3. The van der Waals surface area contributed by atoms with Gasteiger partial charge in [0.1, 0.15) is 5.82 Å². The number of hydrogen-bond acceptors (Lipinski definition) is 5. The number of methoxy groups -OCH3 is 1. The minimum atomic E-state index is -0.132. The molecule has 19 heavy (non-hydrogen) atoms. The lowest BCUT2D eigenvalue weighted by Crippen LogP contribution is -2.43. The molecular formula is C13H20N4O2. The molecule has 104 valence electrons. The van der Waals surface area contributed by atoms with Crippen molar-refractivity contribution in [2.45, 2.75) is 32.4 Å². The Morgan fingerprint density at radius 2 is 2.37 bits per heavy atom. The number of rotatable bonds is 4. The molecule has 2 rings (SSSR count). The van der Waals surface area contributed by atoms with Gasteiger partial charge >= 0.3 is 0 Å². The number of amides is 1. The zero-order valence-electron chi connectivity index (χ0n) is 11.6. The fraction of sp³-hybridized carbons (Fsp3) is 0.615. The highest BCUT2D eigenvalue weighted by atomic mass is 16.5. The van der Waals surface area contributed by atoms with Gasteiger partial charge < -0.3 is 15.4 Å². The molecule has 0 saturated carbocycles. The van der Waals surface area contributed by atoms with Gasteiger partial charge in [-0.15, -0.1) is 0 Å². The van der Waals surface area contributed by atoms with Gasteiger partial charge in [0.25, 0.3) is 5.91 Å². The standard InChI is InChI=1S/C13H20N4O2/c1-4-10-9(5-15-8(2)16-10)13(18)17-11-6-14-7-12(11)19-3/h5,11-12,14H,4,6-7H2,1-3H3,(H,17,18). The molecule has 0 bridgehead atoms. The highest BCUT2D eigenvalue weighted by Gasteiger charge is 2.29. The van der Waals surface area contributed by atoms with Crippen molar-refractivity contribution in [3.05, 3.63) is 23.3 Å². The minimum absolute atomic E-state index is 0.0106. The number of carbonyl (C=O) groups is 1. The zero-order valence-corrected chi connectivity index (χ0v) is 11.6. The van der Waals surface area contributed by atoms with Crippen LogP contribution in [0, 0.1) is 6.92 Å². The number of ether oxygens (including phenoxy) is 1. The maximum Gasteiger partial charge on any atom is 0.255 e. The first-order valence-corrected chi connectivity index (χ1v) is 6.52. The topological polar surface area (TPSA) is 76.1 Å². The van der Waals surface area contributed by atoms with Gasteiger partial charge in [-0.1, -0.05) is 6.92 Å². The summed E-state index contributed by atoms with van der Waals surface area (Å²) in [6, 6.07) is -0.0106. The van der Waals surface area contributed by atoms with E-state index in [1.807, 2.05) is 13.8 Å². The summed E-state index contributed by atoms with van der Waals surface area (Å²) >= 11 is 0. The van der Waals surface area contributed by atoms with Gasteiger partial charge in [0, 0.05) is 26.4 Å². The molecule has 2 heterocycles. The summed E-state index contributed by atoms with van der Waals surface area (Å²) in [5.41, 5.74) is 1.33. The molecule has 1 aromatic rings. The van der Waals surface area contributed by atoms with Gasteiger partial charge in [-0.3, -0.25) is 4.79 Å². The Bertz CT molecular complexity index is 464. The van der Waals surface area contributed by atoms with E-state index in [1.165, 1.54) is 0 Å². The van der Waals surface area contributed by atoms with Crippen LogP contribution in [0.2, 0.25) is 0 Å². The first-order chi connectivity index (χ1) is 9.15. The Hall–Kier alpha value is -1.53. The van der Waals surface area contributed by atoms with E-state index in [4.69, 9.17) is 4.74 Å². The lowest BCUT2D eigenvalue weighted by Gasteiger charge is -2.19. The van der Waals surface area contributed by atoms with Gasteiger partial charge in [-0.05, 0) is 13.3 Å². The Balaban J connectivity index is 2.11. The van der Waals surface area contributed by atoms with Crippen molar-refractivity contribution in [2.75, 3.05) is 20.2 Å². The summed E-state index contributed by atoms with van der Waals surface area (Å²) < 4.78 is 5.33. The number of nitrogens with zero attached hydrogens (tertiary/aromatic N) is 2. The third kappa shape index (κ3) is 3.08. The van der Waals surface area contributed by atoms with E-state index in [-0.39, 0.29) is 18.1 Å². The van der Waals surface area contributed by atoms with Crippen LogP contribution in [0.15, 0.2) is 6.20 Å². The molecule has 2 unspecified atom stereocenters.